The molecule has 23 heavy (non-hydrogen) atoms. The van der Waals surface area contributed by atoms with E-state index in [0.29, 0.717) is 22.9 Å². The molecule has 3 rings (SSSR count). The molecule has 0 spiro atoms. The fourth-order valence-electron chi connectivity index (χ4n) is 1.90. The van der Waals surface area contributed by atoms with E-state index in [2.05, 4.69) is 31.2 Å². The summed E-state index contributed by atoms with van der Waals surface area (Å²) in [5.41, 5.74) is 1.26. The van der Waals surface area contributed by atoms with Gasteiger partial charge in [0.1, 0.15) is 5.75 Å². The topological polar surface area (TPSA) is 64.1 Å². The van der Waals surface area contributed by atoms with E-state index in [1.54, 1.807) is 48.8 Å². The molecule has 0 unspecified atom stereocenters. The van der Waals surface area contributed by atoms with Crippen LogP contribution in [0.2, 0.25) is 0 Å². The molecule has 0 radical (unpaired) electrons. The van der Waals surface area contributed by atoms with E-state index < -0.39 is 0 Å². The molecule has 6 heteroatoms. The van der Waals surface area contributed by atoms with E-state index in [-0.39, 0.29) is 5.91 Å². The maximum Gasteiger partial charge on any atom is 0.255 e. The van der Waals surface area contributed by atoms with Gasteiger partial charge in [0.05, 0.1) is 6.20 Å². The lowest BCUT2D eigenvalue weighted by atomic mass is 10.2. The maximum atomic E-state index is 12.2. The SMILES string of the molecule is O=C(Nc1ccc(Oc2cnccn2)cc1)c1cccc(Br)c1. The highest BCUT2D eigenvalue weighted by Gasteiger charge is 2.06. The van der Waals surface area contributed by atoms with Gasteiger partial charge in [-0.05, 0) is 42.5 Å². The Balaban J connectivity index is 1.67. The van der Waals surface area contributed by atoms with Gasteiger partial charge >= 0.3 is 0 Å². The molecule has 0 aliphatic rings. The third-order valence-electron chi connectivity index (χ3n) is 2.96. The molecule has 114 valence electrons. The Morgan fingerprint density at radius 3 is 2.61 bits per heavy atom. The van der Waals surface area contributed by atoms with Crippen LogP contribution in [-0.2, 0) is 0 Å². The van der Waals surface area contributed by atoms with Crippen LogP contribution < -0.4 is 10.1 Å². The zero-order valence-corrected chi connectivity index (χ0v) is 13.5. The van der Waals surface area contributed by atoms with Crippen molar-refractivity contribution in [3.8, 4) is 11.6 Å². The Bertz CT molecular complexity index is 808. The first kappa shape index (κ1) is 15.2. The van der Waals surface area contributed by atoms with Crippen LogP contribution in [0.5, 0.6) is 11.6 Å². The number of carbonyl (C=O) groups is 1. The molecule has 1 heterocycles. The number of amides is 1. The molecule has 5 nitrogen and oxygen atoms in total. The lowest BCUT2D eigenvalue weighted by Gasteiger charge is -2.07. The quantitative estimate of drug-likeness (QED) is 0.745. The second-order valence-corrected chi connectivity index (χ2v) is 5.55. The summed E-state index contributed by atoms with van der Waals surface area (Å²) in [6.07, 6.45) is 4.66. The molecular weight excluding hydrogens is 358 g/mol. The van der Waals surface area contributed by atoms with Gasteiger partial charge in [0.15, 0.2) is 0 Å². The predicted molar refractivity (Wildman–Crippen MR) is 90.6 cm³/mol. The molecule has 1 N–H and O–H groups in total. The summed E-state index contributed by atoms with van der Waals surface area (Å²) in [4.78, 5) is 20.1. The number of halogens is 1. The van der Waals surface area contributed by atoms with E-state index in [9.17, 15) is 4.79 Å². The molecule has 0 saturated carbocycles. The van der Waals surface area contributed by atoms with Gasteiger partial charge in [-0.15, -0.1) is 0 Å². The minimum Gasteiger partial charge on any atom is -0.438 e. The normalized spacial score (nSPS) is 10.1. The molecule has 0 fully saturated rings. The smallest absolute Gasteiger partial charge is 0.255 e. The van der Waals surface area contributed by atoms with Crippen molar-refractivity contribution in [3.63, 3.8) is 0 Å². The van der Waals surface area contributed by atoms with Crippen LogP contribution in [0.4, 0.5) is 5.69 Å². The number of aromatic nitrogens is 2. The van der Waals surface area contributed by atoms with E-state index in [4.69, 9.17) is 4.74 Å². The first-order valence-electron chi connectivity index (χ1n) is 6.81. The molecule has 2 aromatic carbocycles. The Labute approximate surface area is 141 Å². The summed E-state index contributed by atoms with van der Waals surface area (Å²) < 4.78 is 6.41. The molecular formula is C17H12BrN3O2. The van der Waals surface area contributed by atoms with Gasteiger partial charge in [-0.25, -0.2) is 4.98 Å². The van der Waals surface area contributed by atoms with E-state index in [0.717, 1.165) is 4.47 Å². The highest BCUT2D eigenvalue weighted by Crippen LogP contribution is 2.21. The molecule has 0 aliphatic heterocycles. The van der Waals surface area contributed by atoms with Crippen molar-refractivity contribution in [2.45, 2.75) is 0 Å². The zero-order valence-electron chi connectivity index (χ0n) is 11.9. The Morgan fingerprint density at radius 2 is 1.91 bits per heavy atom. The van der Waals surface area contributed by atoms with Crippen LogP contribution in [0.15, 0.2) is 71.6 Å². The number of anilines is 1. The summed E-state index contributed by atoms with van der Waals surface area (Å²) in [6, 6.07) is 14.2. The van der Waals surface area contributed by atoms with Gasteiger partial charge < -0.3 is 10.1 Å². The number of hydrogen-bond donors (Lipinski definition) is 1. The molecule has 3 aromatic rings. The Hall–Kier alpha value is -2.73. The van der Waals surface area contributed by atoms with Crippen LogP contribution in [-0.4, -0.2) is 15.9 Å². The van der Waals surface area contributed by atoms with Crippen molar-refractivity contribution < 1.29 is 9.53 Å². The molecule has 1 aromatic heterocycles. The Kier molecular flexibility index (Phi) is 4.63. The average Bonchev–Trinajstić information content (AvgIpc) is 2.57. The van der Waals surface area contributed by atoms with Gasteiger partial charge in [0.2, 0.25) is 5.88 Å². The number of hydrogen-bond acceptors (Lipinski definition) is 4. The van der Waals surface area contributed by atoms with Gasteiger partial charge in [-0.3, -0.25) is 9.78 Å². The molecule has 0 aliphatic carbocycles. The number of rotatable bonds is 4. The summed E-state index contributed by atoms with van der Waals surface area (Å²) in [7, 11) is 0. The second-order valence-electron chi connectivity index (χ2n) is 4.63. The fraction of sp³-hybridized carbons (Fsp3) is 0. The van der Waals surface area contributed by atoms with Crippen LogP contribution in [0.3, 0.4) is 0 Å². The summed E-state index contributed by atoms with van der Waals surface area (Å²) >= 11 is 3.35. The lowest BCUT2D eigenvalue weighted by Crippen LogP contribution is -2.11. The molecule has 0 atom stereocenters. The van der Waals surface area contributed by atoms with Crippen molar-refractivity contribution in [1.82, 2.24) is 9.97 Å². The lowest BCUT2D eigenvalue weighted by molar-refractivity contribution is 0.102. The van der Waals surface area contributed by atoms with Crippen molar-refractivity contribution in [1.29, 1.82) is 0 Å². The average molecular weight is 370 g/mol. The summed E-state index contributed by atoms with van der Waals surface area (Å²) in [5.74, 6) is 0.860. The first-order valence-corrected chi connectivity index (χ1v) is 7.61. The zero-order chi connectivity index (χ0) is 16.1. The van der Waals surface area contributed by atoms with Gasteiger partial charge in [-0.1, -0.05) is 22.0 Å². The third-order valence-corrected chi connectivity index (χ3v) is 3.45. The van der Waals surface area contributed by atoms with Gasteiger partial charge in [0, 0.05) is 28.1 Å². The van der Waals surface area contributed by atoms with Gasteiger partial charge in [0.25, 0.3) is 5.91 Å². The second kappa shape index (κ2) is 7.02. The van der Waals surface area contributed by atoms with Crippen LogP contribution in [0.1, 0.15) is 10.4 Å². The number of nitrogens with zero attached hydrogens (tertiary/aromatic N) is 2. The van der Waals surface area contributed by atoms with E-state index in [1.807, 2.05) is 12.1 Å². The van der Waals surface area contributed by atoms with Crippen LogP contribution in [0.25, 0.3) is 0 Å². The van der Waals surface area contributed by atoms with Crippen molar-refractivity contribution >= 4 is 27.5 Å². The summed E-state index contributed by atoms with van der Waals surface area (Å²) in [5, 5.41) is 2.83. The minimum absolute atomic E-state index is 0.172. The largest absolute Gasteiger partial charge is 0.438 e. The van der Waals surface area contributed by atoms with Crippen molar-refractivity contribution in [3.05, 3.63) is 77.2 Å². The van der Waals surface area contributed by atoms with Crippen LogP contribution >= 0.6 is 15.9 Å². The number of carbonyl (C=O) groups excluding carboxylic acids is 1. The highest BCUT2D eigenvalue weighted by molar-refractivity contribution is 9.10. The number of nitrogens with one attached hydrogen (secondary N) is 1. The van der Waals surface area contributed by atoms with E-state index in [1.165, 1.54) is 6.20 Å². The summed E-state index contributed by atoms with van der Waals surface area (Å²) in [6.45, 7) is 0. The number of ether oxygens (including phenoxy) is 1. The fourth-order valence-corrected chi connectivity index (χ4v) is 2.30. The molecule has 0 bridgehead atoms. The monoisotopic (exact) mass is 369 g/mol. The number of benzene rings is 2. The maximum absolute atomic E-state index is 12.2. The standard InChI is InChI=1S/C17H12BrN3O2/c18-13-3-1-2-12(10-13)17(22)21-14-4-6-15(7-5-14)23-16-11-19-8-9-20-16/h1-11H,(H,21,22). The van der Waals surface area contributed by atoms with Crippen molar-refractivity contribution in [2.24, 2.45) is 0 Å². The Morgan fingerprint density at radius 1 is 1.09 bits per heavy atom. The third kappa shape index (κ3) is 4.14. The van der Waals surface area contributed by atoms with Gasteiger partial charge in [-0.2, -0.15) is 0 Å². The molecule has 0 saturated heterocycles. The van der Waals surface area contributed by atoms with E-state index >= 15 is 0 Å². The highest BCUT2D eigenvalue weighted by atomic mass is 79.9. The first-order chi connectivity index (χ1) is 11.2. The minimum atomic E-state index is -0.172. The van der Waals surface area contributed by atoms with Crippen molar-refractivity contribution in [2.75, 3.05) is 5.32 Å². The molecule has 1 amide bonds. The predicted octanol–water partition coefficient (Wildman–Crippen LogP) is 4.28. The van der Waals surface area contributed by atoms with Crippen LogP contribution in [0, 0.1) is 0 Å².